The van der Waals surface area contributed by atoms with E-state index in [-0.39, 0.29) is 24.0 Å². The highest BCUT2D eigenvalue weighted by Gasteiger charge is 2.38. The van der Waals surface area contributed by atoms with Gasteiger partial charge < -0.3 is 14.7 Å². The number of aliphatic hydroxyl groups excluding tert-OH is 1. The number of halogens is 1. The van der Waals surface area contributed by atoms with Crippen molar-refractivity contribution in [1.82, 2.24) is 14.1 Å². The van der Waals surface area contributed by atoms with E-state index in [9.17, 15) is 13.2 Å². The van der Waals surface area contributed by atoms with Crippen LogP contribution in [0.2, 0.25) is 5.02 Å². The minimum Gasteiger partial charge on any atom is -0.448 e. The summed E-state index contributed by atoms with van der Waals surface area (Å²) < 4.78 is 34.4. The third kappa shape index (κ3) is 6.34. The molecule has 35 heavy (non-hydrogen) atoms. The Bertz CT molecular complexity index is 1080. The summed E-state index contributed by atoms with van der Waals surface area (Å²) in [7, 11) is -3.82. The lowest BCUT2D eigenvalue weighted by atomic mass is 9.89. The predicted octanol–water partition coefficient (Wildman–Crippen LogP) is 3.02. The standard InChI is InChI=1S/C25H32ClN3O5S/c26-22-7-10-24(11-8-22)35(32,33)29-18-21(20-4-2-1-3-5-20)6-9-23(29)19-34-25(31)28-14-12-27(13-15-28)16-17-30/h1-5,7-8,10-11,21,23,30H,6,9,12-19H2. The monoisotopic (exact) mass is 521 g/mol. The molecule has 2 heterocycles. The van der Waals surface area contributed by atoms with Gasteiger partial charge in [-0.25, -0.2) is 13.2 Å². The molecule has 0 bridgehead atoms. The maximum atomic E-state index is 13.6. The van der Waals surface area contributed by atoms with Gasteiger partial charge in [-0.15, -0.1) is 0 Å². The number of benzene rings is 2. The molecule has 2 aromatic carbocycles. The van der Waals surface area contributed by atoms with Crippen LogP contribution in [0.1, 0.15) is 24.3 Å². The van der Waals surface area contributed by atoms with Gasteiger partial charge in [-0.1, -0.05) is 41.9 Å². The molecule has 0 aromatic heterocycles. The van der Waals surface area contributed by atoms with Crippen LogP contribution in [-0.2, 0) is 14.8 Å². The second kappa shape index (κ2) is 11.7. The van der Waals surface area contributed by atoms with Crippen LogP contribution in [-0.4, -0.2) is 92.2 Å². The van der Waals surface area contributed by atoms with Crippen molar-refractivity contribution in [2.24, 2.45) is 0 Å². The summed E-state index contributed by atoms with van der Waals surface area (Å²) in [5.74, 6) is 0.0600. The average Bonchev–Trinajstić information content (AvgIpc) is 2.88. The number of piperazine rings is 1. The number of β-amino-alcohol motifs (C(OH)–C–C–N with tert-alkyl or cyclic N) is 1. The summed E-state index contributed by atoms with van der Waals surface area (Å²) in [5, 5.41) is 9.56. The first-order valence-corrected chi connectivity index (χ1v) is 13.8. The fourth-order valence-electron chi connectivity index (χ4n) is 4.75. The number of carbonyl (C=O) groups excluding carboxylic acids is 1. The molecule has 2 saturated heterocycles. The minimum atomic E-state index is -3.82. The Balaban J connectivity index is 1.47. The van der Waals surface area contributed by atoms with Gasteiger partial charge >= 0.3 is 6.09 Å². The number of amides is 1. The van der Waals surface area contributed by atoms with Crippen LogP contribution in [0.15, 0.2) is 59.5 Å². The summed E-state index contributed by atoms with van der Waals surface area (Å²) in [5.41, 5.74) is 1.10. The molecule has 2 aliphatic rings. The molecule has 0 aliphatic carbocycles. The molecular weight excluding hydrogens is 490 g/mol. The second-order valence-electron chi connectivity index (χ2n) is 9.00. The number of piperidine rings is 1. The Labute approximate surface area is 212 Å². The summed E-state index contributed by atoms with van der Waals surface area (Å²) in [4.78, 5) is 16.6. The van der Waals surface area contributed by atoms with Gasteiger partial charge in [0.1, 0.15) is 6.61 Å². The smallest absolute Gasteiger partial charge is 0.409 e. The number of aliphatic hydroxyl groups is 1. The van der Waals surface area contributed by atoms with Crippen LogP contribution >= 0.6 is 11.6 Å². The first kappa shape index (κ1) is 25.9. The highest BCUT2D eigenvalue weighted by molar-refractivity contribution is 7.89. The molecule has 1 amide bonds. The highest BCUT2D eigenvalue weighted by atomic mass is 35.5. The van der Waals surface area contributed by atoms with E-state index < -0.39 is 22.2 Å². The van der Waals surface area contributed by atoms with Crippen LogP contribution in [0.5, 0.6) is 0 Å². The SMILES string of the molecule is O=C(OCC1CCC(c2ccccc2)CN1S(=O)(=O)c1ccc(Cl)cc1)N1CCN(CCO)CC1. The Kier molecular flexibility index (Phi) is 8.67. The van der Waals surface area contributed by atoms with Gasteiger partial charge in [-0.3, -0.25) is 4.90 Å². The lowest BCUT2D eigenvalue weighted by Crippen LogP contribution is -2.51. The fraction of sp³-hybridized carbons (Fsp3) is 0.480. The predicted molar refractivity (Wildman–Crippen MR) is 134 cm³/mol. The van der Waals surface area contributed by atoms with Crippen LogP contribution < -0.4 is 0 Å². The van der Waals surface area contributed by atoms with Gasteiger partial charge in [-0.05, 0) is 48.6 Å². The lowest BCUT2D eigenvalue weighted by Gasteiger charge is -2.39. The molecule has 2 unspecified atom stereocenters. The van der Waals surface area contributed by atoms with Crippen molar-refractivity contribution >= 4 is 27.7 Å². The van der Waals surface area contributed by atoms with E-state index in [0.29, 0.717) is 50.7 Å². The number of rotatable bonds is 7. The lowest BCUT2D eigenvalue weighted by molar-refractivity contribution is 0.0530. The van der Waals surface area contributed by atoms with E-state index in [1.165, 1.54) is 16.4 Å². The quantitative estimate of drug-likeness (QED) is 0.602. The Hall–Kier alpha value is -2.17. The number of nitrogens with zero attached hydrogens (tertiary/aromatic N) is 3. The third-order valence-corrected chi connectivity index (χ3v) is 8.98. The van der Waals surface area contributed by atoms with Crippen LogP contribution in [0.3, 0.4) is 0 Å². The molecule has 8 nitrogen and oxygen atoms in total. The third-order valence-electron chi connectivity index (χ3n) is 6.79. The molecule has 0 radical (unpaired) electrons. The van der Waals surface area contributed by atoms with Crippen LogP contribution in [0.25, 0.3) is 0 Å². The van der Waals surface area contributed by atoms with E-state index >= 15 is 0 Å². The number of hydrogen-bond donors (Lipinski definition) is 1. The van der Waals surface area contributed by atoms with Gasteiger partial charge in [-0.2, -0.15) is 4.31 Å². The molecule has 190 valence electrons. The summed E-state index contributed by atoms with van der Waals surface area (Å²) in [6, 6.07) is 15.6. The van der Waals surface area contributed by atoms with E-state index in [1.807, 2.05) is 30.3 Å². The number of hydrogen-bond acceptors (Lipinski definition) is 6. The van der Waals surface area contributed by atoms with Crippen molar-refractivity contribution in [2.45, 2.75) is 29.7 Å². The topological polar surface area (TPSA) is 90.4 Å². The fourth-order valence-corrected chi connectivity index (χ4v) is 6.56. The molecule has 0 spiro atoms. The molecule has 1 N–H and O–H groups in total. The molecular formula is C25H32ClN3O5S. The molecule has 2 atom stereocenters. The first-order valence-electron chi connectivity index (χ1n) is 12.0. The Morgan fingerprint density at radius 1 is 1.00 bits per heavy atom. The maximum absolute atomic E-state index is 13.6. The zero-order valence-corrected chi connectivity index (χ0v) is 21.2. The van der Waals surface area contributed by atoms with Gasteiger partial charge in [0.15, 0.2) is 0 Å². The largest absolute Gasteiger partial charge is 0.448 e. The number of carbonyl (C=O) groups is 1. The number of ether oxygens (including phenoxy) is 1. The molecule has 4 rings (SSSR count). The normalized spacial score (nSPS) is 22.2. The summed E-state index contributed by atoms with van der Waals surface area (Å²) in [6.07, 6.45) is 0.963. The van der Waals surface area contributed by atoms with Crippen molar-refractivity contribution < 1.29 is 23.1 Å². The average molecular weight is 522 g/mol. The maximum Gasteiger partial charge on any atom is 0.409 e. The van der Waals surface area contributed by atoms with Crippen LogP contribution in [0, 0.1) is 0 Å². The van der Waals surface area contributed by atoms with Crippen molar-refractivity contribution in [3.05, 3.63) is 65.2 Å². The molecule has 2 aromatic rings. The van der Waals surface area contributed by atoms with E-state index in [1.54, 1.807) is 17.0 Å². The molecule has 0 saturated carbocycles. The summed E-state index contributed by atoms with van der Waals surface area (Å²) >= 11 is 5.98. The van der Waals surface area contributed by atoms with Crippen LogP contribution in [0.4, 0.5) is 4.79 Å². The summed E-state index contributed by atoms with van der Waals surface area (Å²) in [6.45, 7) is 3.39. The first-order chi connectivity index (χ1) is 16.9. The molecule has 2 aliphatic heterocycles. The van der Waals surface area contributed by atoms with E-state index in [0.717, 1.165) is 12.0 Å². The highest BCUT2D eigenvalue weighted by Crippen LogP contribution is 2.34. The van der Waals surface area contributed by atoms with Crippen molar-refractivity contribution in [2.75, 3.05) is 52.5 Å². The van der Waals surface area contributed by atoms with Gasteiger partial charge in [0, 0.05) is 44.3 Å². The Morgan fingerprint density at radius 2 is 1.69 bits per heavy atom. The Morgan fingerprint density at radius 3 is 2.34 bits per heavy atom. The van der Waals surface area contributed by atoms with E-state index in [2.05, 4.69) is 4.90 Å². The van der Waals surface area contributed by atoms with Gasteiger partial charge in [0.05, 0.1) is 17.5 Å². The van der Waals surface area contributed by atoms with Gasteiger partial charge in [0.2, 0.25) is 10.0 Å². The second-order valence-corrected chi connectivity index (χ2v) is 11.3. The zero-order valence-electron chi connectivity index (χ0n) is 19.6. The van der Waals surface area contributed by atoms with Crippen molar-refractivity contribution in [3.63, 3.8) is 0 Å². The van der Waals surface area contributed by atoms with Gasteiger partial charge in [0.25, 0.3) is 0 Å². The van der Waals surface area contributed by atoms with E-state index in [4.69, 9.17) is 21.4 Å². The number of sulfonamides is 1. The molecule has 2 fully saturated rings. The zero-order chi connectivity index (χ0) is 24.8. The van der Waals surface area contributed by atoms with Crippen molar-refractivity contribution in [1.29, 1.82) is 0 Å². The minimum absolute atomic E-state index is 0.00399. The van der Waals surface area contributed by atoms with Crippen molar-refractivity contribution in [3.8, 4) is 0 Å². The molecule has 10 heteroatoms.